The van der Waals surface area contributed by atoms with Crippen LogP contribution in [0.2, 0.25) is 5.02 Å². The van der Waals surface area contributed by atoms with E-state index in [1.54, 1.807) is 6.92 Å². The topological polar surface area (TPSA) is 99.9 Å². The van der Waals surface area contributed by atoms with Gasteiger partial charge in [0, 0.05) is 6.07 Å². The number of ether oxygens (including phenoxy) is 3. The number of aryl methyl sites for hydroxylation is 1. The molecule has 8 nitrogen and oxygen atoms in total. The Morgan fingerprint density at radius 3 is 2.91 bits per heavy atom. The van der Waals surface area contributed by atoms with Crippen molar-refractivity contribution in [3.05, 3.63) is 34.5 Å². The van der Waals surface area contributed by atoms with Gasteiger partial charge in [-0.05, 0) is 19.1 Å². The number of rotatable bonds is 4. The summed E-state index contributed by atoms with van der Waals surface area (Å²) in [6, 6.07) is 4.36. The monoisotopic (exact) mass is 338 g/mol. The van der Waals surface area contributed by atoms with Crippen LogP contribution in [-0.2, 0) is 9.53 Å². The van der Waals surface area contributed by atoms with Gasteiger partial charge in [0.2, 0.25) is 6.79 Å². The molecule has 23 heavy (non-hydrogen) atoms. The van der Waals surface area contributed by atoms with Gasteiger partial charge >= 0.3 is 5.97 Å². The molecule has 1 N–H and O–H groups in total. The average Bonchev–Trinajstić information content (AvgIpc) is 3.13. The van der Waals surface area contributed by atoms with E-state index in [1.165, 1.54) is 18.2 Å². The van der Waals surface area contributed by atoms with Crippen LogP contribution in [-0.4, -0.2) is 30.4 Å². The van der Waals surface area contributed by atoms with Crippen molar-refractivity contribution in [1.82, 2.24) is 5.16 Å². The van der Waals surface area contributed by atoms with Gasteiger partial charge < -0.3 is 24.1 Å². The van der Waals surface area contributed by atoms with Crippen LogP contribution >= 0.6 is 11.6 Å². The fourth-order valence-corrected chi connectivity index (χ4v) is 2.17. The molecule has 120 valence electrons. The minimum Gasteiger partial charge on any atom is -0.454 e. The SMILES string of the molecule is Cc1cc(NC(=O)COC(=O)c2cc(Cl)c3c(c2)OCO3)no1. The van der Waals surface area contributed by atoms with Crippen LogP contribution in [0.1, 0.15) is 16.1 Å². The van der Waals surface area contributed by atoms with Crippen LogP contribution in [0.3, 0.4) is 0 Å². The minimum absolute atomic E-state index is 0.0348. The van der Waals surface area contributed by atoms with E-state index in [4.69, 9.17) is 30.3 Å². The van der Waals surface area contributed by atoms with Gasteiger partial charge in [0.05, 0.1) is 10.6 Å². The highest BCUT2D eigenvalue weighted by Gasteiger charge is 2.21. The van der Waals surface area contributed by atoms with Gasteiger partial charge in [-0.25, -0.2) is 4.79 Å². The van der Waals surface area contributed by atoms with Crippen molar-refractivity contribution in [2.24, 2.45) is 0 Å². The third-order valence-corrected chi connectivity index (χ3v) is 3.17. The molecule has 9 heteroatoms. The Morgan fingerprint density at radius 2 is 2.17 bits per heavy atom. The van der Waals surface area contributed by atoms with Crippen LogP contribution in [0.4, 0.5) is 5.82 Å². The molecule has 0 saturated carbocycles. The predicted molar refractivity (Wildman–Crippen MR) is 77.7 cm³/mol. The molecule has 0 radical (unpaired) electrons. The number of hydrogen-bond donors (Lipinski definition) is 1. The quantitative estimate of drug-likeness (QED) is 0.852. The third-order valence-electron chi connectivity index (χ3n) is 2.89. The zero-order valence-corrected chi connectivity index (χ0v) is 12.7. The van der Waals surface area contributed by atoms with Crippen molar-refractivity contribution in [2.75, 3.05) is 18.7 Å². The molecule has 1 aliphatic heterocycles. The lowest BCUT2D eigenvalue weighted by atomic mass is 10.2. The molecule has 1 amide bonds. The molecule has 0 unspecified atom stereocenters. The van der Waals surface area contributed by atoms with E-state index in [0.717, 1.165) is 0 Å². The smallest absolute Gasteiger partial charge is 0.338 e. The number of hydrogen-bond acceptors (Lipinski definition) is 7. The van der Waals surface area contributed by atoms with Crippen molar-refractivity contribution in [3.63, 3.8) is 0 Å². The Balaban J connectivity index is 1.59. The molecule has 1 aromatic heterocycles. The first-order chi connectivity index (χ1) is 11.0. The molecule has 0 bridgehead atoms. The summed E-state index contributed by atoms with van der Waals surface area (Å²) in [7, 11) is 0. The Labute approximate surface area is 135 Å². The summed E-state index contributed by atoms with van der Waals surface area (Å²) in [6.45, 7) is 1.25. The standard InChI is InChI=1S/C14H11ClN2O6/c1-7-2-11(17-23-7)16-12(18)5-20-14(19)8-3-9(15)13-10(4-8)21-6-22-13/h2-4H,5-6H2,1H3,(H,16,17,18). The van der Waals surface area contributed by atoms with E-state index >= 15 is 0 Å². The lowest BCUT2D eigenvalue weighted by molar-refractivity contribution is -0.119. The van der Waals surface area contributed by atoms with Gasteiger partial charge in [0.25, 0.3) is 5.91 Å². The zero-order valence-electron chi connectivity index (χ0n) is 11.9. The number of carbonyl (C=O) groups excluding carboxylic acids is 2. The lowest BCUT2D eigenvalue weighted by Gasteiger charge is -2.06. The number of esters is 1. The Hall–Kier alpha value is -2.74. The summed E-state index contributed by atoms with van der Waals surface area (Å²) in [5, 5.41) is 6.26. The maximum atomic E-state index is 12.0. The van der Waals surface area contributed by atoms with Crippen LogP contribution in [0, 0.1) is 6.92 Å². The third kappa shape index (κ3) is 3.37. The highest BCUT2D eigenvalue weighted by molar-refractivity contribution is 6.32. The van der Waals surface area contributed by atoms with Gasteiger partial charge in [-0.3, -0.25) is 4.79 Å². The Morgan fingerprint density at radius 1 is 1.35 bits per heavy atom. The molecule has 3 rings (SSSR count). The summed E-state index contributed by atoms with van der Waals surface area (Å²) in [5.74, 6) is 0.270. The molecule has 0 saturated heterocycles. The Bertz CT molecular complexity index is 773. The predicted octanol–water partition coefficient (Wildman–Crippen LogP) is 2.16. The van der Waals surface area contributed by atoms with E-state index in [2.05, 4.69) is 10.5 Å². The maximum absolute atomic E-state index is 12.0. The molecular formula is C14H11ClN2O6. The van der Waals surface area contributed by atoms with Crippen molar-refractivity contribution in [3.8, 4) is 11.5 Å². The number of fused-ring (bicyclic) bond motifs is 1. The number of aromatic nitrogens is 1. The number of halogens is 1. The maximum Gasteiger partial charge on any atom is 0.338 e. The molecular weight excluding hydrogens is 328 g/mol. The summed E-state index contributed by atoms with van der Waals surface area (Å²) in [5.41, 5.74) is 0.157. The van der Waals surface area contributed by atoms with Gasteiger partial charge in [-0.15, -0.1) is 0 Å². The van der Waals surface area contributed by atoms with Crippen LogP contribution in [0.15, 0.2) is 22.7 Å². The van der Waals surface area contributed by atoms with Crippen LogP contribution < -0.4 is 14.8 Å². The molecule has 1 aromatic carbocycles. The number of nitrogens with one attached hydrogen (secondary N) is 1. The number of nitrogens with zero attached hydrogens (tertiary/aromatic N) is 1. The summed E-state index contributed by atoms with van der Waals surface area (Å²) in [4.78, 5) is 23.6. The van der Waals surface area contributed by atoms with Crippen molar-refractivity contribution in [1.29, 1.82) is 0 Å². The second-order valence-corrected chi connectivity index (χ2v) is 5.05. The number of carbonyl (C=O) groups is 2. The van der Waals surface area contributed by atoms with E-state index < -0.39 is 18.5 Å². The van der Waals surface area contributed by atoms with E-state index in [-0.39, 0.29) is 23.2 Å². The van der Waals surface area contributed by atoms with Gasteiger partial charge in [-0.2, -0.15) is 0 Å². The first-order valence-corrected chi connectivity index (χ1v) is 6.90. The van der Waals surface area contributed by atoms with Crippen molar-refractivity contribution in [2.45, 2.75) is 6.92 Å². The number of anilines is 1. The molecule has 2 aromatic rings. The summed E-state index contributed by atoms with van der Waals surface area (Å²) < 4.78 is 20.0. The van der Waals surface area contributed by atoms with E-state index in [1.807, 2.05) is 0 Å². The van der Waals surface area contributed by atoms with E-state index in [0.29, 0.717) is 17.3 Å². The second kappa shape index (κ2) is 6.17. The van der Waals surface area contributed by atoms with Crippen molar-refractivity contribution >= 4 is 29.3 Å². The van der Waals surface area contributed by atoms with E-state index in [9.17, 15) is 9.59 Å². The van der Waals surface area contributed by atoms with Crippen LogP contribution in [0.5, 0.6) is 11.5 Å². The minimum atomic E-state index is -0.711. The first-order valence-electron chi connectivity index (χ1n) is 6.52. The van der Waals surface area contributed by atoms with Crippen molar-refractivity contribution < 1.29 is 28.3 Å². The highest BCUT2D eigenvalue weighted by atomic mass is 35.5. The summed E-state index contributed by atoms with van der Waals surface area (Å²) in [6.07, 6.45) is 0. The van der Waals surface area contributed by atoms with Gasteiger partial charge in [-0.1, -0.05) is 16.8 Å². The number of benzene rings is 1. The number of amides is 1. The fourth-order valence-electron chi connectivity index (χ4n) is 1.90. The summed E-state index contributed by atoms with van der Waals surface area (Å²) >= 11 is 5.98. The molecule has 0 spiro atoms. The Kier molecular flexibility index (Phi) is 4.07. The molecule has 0 aliphatic carbocycles. The highest BCUT2D eigenvalue weighted by Crippen LogP contribution is 2.39. The molecule has 0 atom stereocenters. The fraction of sp³-hybridized carbons (Fsp3) is 0.214. The average molecular weight is 339 g/mol. The molecule has 1 aliphatic rings. The second-order valence-electron chi connectivity index (χ2n) is 4.64. The normalized spacial score (nSPS) is 12.1. The molecule has 0 fully saturated rings. The zero-order chi connectivity index (χ0) is 16.4. The molecule has 2 heterocycles. The van der Waals surface area contributed by atoms with Gasteiger partial charge in [0.15, 0.2) is 23.9 Å². The van der Waals surface area contributed by atoms with Crippen LogP contribution in [0.25, 0.3) is 0 Å². The van der Waals surface area contributed by atoms with Gasteiger partial charge in [0.1, 0.15) is 5.76 Å². The lowest BCUT2D eigenvalue weighted by Crippen LogP contribution is -2.21. The largest absolute Gasteiger partial charge is 0.454 e. The first kappa shape index (κ1) is 15.2.